The molecule has 0 saturated heterocycles. The van der Waals surface area contributed by atoms with E-state index in [1.54, 1.807) is 0 Å². The van der Waals surface area contributed by atoms with Crippen molar-refractivity contribution in [2.75, 3.05) is 10.6 Å². The summed E-state index contributed by atoms with van der Waals surface area (Å²) in [6.45, 7) is 17.5. The fourth-order valence-corrected chi connectivity index (χ4v) is 7.41. The first kappa shape index (κ1) is 34.6. The highest BCUT2D eigenvalue weighted by Gasteiger charge is 2.14. The van der Waals surface area contributed by atoms with Crippen LogP contribution in [0, 0.1) is 55.4 Å². The van der Waals surface area contributed by atoms with Crippen molar-refractivity contribution in [2.24, 2.45) is 0 Å². The predicted molar refractivity (Wildman–Crippen MR) is 226 cm³/mol. The highest BCUT2D eigenvalue weighted by atomic mass is 14.9. The molecule has 7 aromatic carbocycles. The van der Waals surface area contributed by atoms with Crippen LogP contribution in [0.1, 0.15) is 44.5 Å². The molecule has 0 aliphatic heterocycles. The van der Waals surface area contributed by atoms with Crippen LogP contribution in [0.5, 0.6) is 0 Å². The van der Waals surface area contributed by atoms with Crippen LogP contribution in [-0.2, 0) is 0 Å². The van der Waals surface area contributed by atoms with Gasteiger partial charge in [0.05, 0.1) is 0 Å². The Kier molecular flexibility index (Phi) is 9.58. The van der Waals surface area contributed by atoms with E-state index in [2.05, 4.69) is 199 Å². The molecule has 0 radical (unpaired) electrons. The van der Waals surface area contributed by atoms with Crippen molar-refractivity contribution >= 4 is 22.7 Å². The van der Waals surface area contributed by atoms with Gasteiger partial charge in [-0.05, 0) is 182 Å². The SMILES string of the molecule is Cc1ccc(-c2ccc(Nc3ccc(-c4cc(C)c(-c5ccc(Nc6ccc(-c7ccc(C)cc7)c(C)c6)cc5C)cc4C)c(C)c3)cc2C)cc1. The molecule has 7 rings (SSSR count). The Morgan fingerprint density at radius 2 is 0.519 bits per heavy atom. The monoisotopic (exact) mass is 676 g/mol. The second-order valence-corrected chi connectivity index (χ2v) is 14.6. The minimum Gasteiger partial charge on any atom is -0.356 e. The van der Waals surface area contributed by atoms with Gasteiger partial charge in [-0.25, -0.2) is 0 Å². The van der Waals surface area contributed by atoms with Gasteiger partial charge in [0.1, 0.15) is 0 Å². The summed E-state index contributed by atoms with van der Waals surface area (Å²) in [5, 5.41) is 7.29. The van der Waals surface area contributed by atoms with Crippen LogP contribution in [0.3, 0.4) is 0 Å². The van der Waals surface area contributed by atoms with Gasteiger partial charge in [0.2, 0.25) is 0 Å². The Bertz CT molecular complexity index is 2240. The van der Waals surface area contributed by atoms with E-state index in [1.165, 1.54) is 89.0 Å². The quantitative estimate of drug-likeness (QED) is 0.167. The molecule has 2 N–H and O–H groups in total. The molecule has 0 aliphatic rings. The van der Waals surface area contributed by atoms with Crippen LogP contribution >= 0.6 is 0 Å². The third-order valence-corrected chi connectivity index (χ3v) is 10.4. The number of hydrogen-bond acceptors (Lipinski definition) is 2. The fraction of sp³-hybridized carbons (Fsp3) is 0.160. The average molecular weight is 677 g/mol. The summed E-state index contributed by atoms with van der Waals surface area (Å²) in [6, 6.07) is 48.9. The third kappa shape index (κ3) is 7.29. The molecule has 2 nitrogen and oxygen atoms in total. The second-order valence-electron chi connectivity index (χ2n) is 14.6. The van der Waals surface area contributed by atoms with E-state index in [1.807, 2.05) is 0 Å². The molecule has 0 spiro atoms. The van der Waals surface area contributed by atoms with E-state index >= 15 is 0 Å². The van der Waals surface area contributed by atoms with Gasteiger partial charge in [0, 0.05) is 22.7 Å². The summed E-state index contributed by atoms with van der Waals surface area (Å²) < 4.78 is 0. The van der Waals surface area contributed by atoms with Gasteiger partial charge in [0.25, 0.3) is 0 Å². The lowest BCUT2D eigenvalue weighted by Crippen LogP contribution is -1.97. The molecule has 2 heteroatoms. The standard InChI is InChI=1S/C50H48N2/c1-31-9-13-39(14-10-31)45-21-17-41(25-33(45)3)51-43-19-23-47(35(5)27-43)49-29-38(8)50(30-37(49)7)48-24-20-44(28-36(48)6)52-42-18-22-46(34(4)26-42)40-15-11-32(2)12-16-40/h9-30,51-52H,1-8H3. The van der Waals surface area contributed by atoms with Crippen molar-refractivity contribution < 1.29 is 0 Å². The van der Waals surface area contributed by atoms with Gasteiger partial charge in [-0.3, -0.25) is 0 Å². The number of aryl methyl sites for hydroxylation is 8. The molecular formula is C50H48N2. The van der Waals surface area contributed by atoms with E-state index in [4.69, 9.17) is 0 Å². The maximum atomic E-state index is 3.64. The molecular weight excluding hydrogens is 629 g/mol. The minimum absolute atomic E-state index is 1.09. The van der Waals surface area contributed by atoms with Crippen LogP contribution in [0.4, 0.5) is 22.7 Å². The summed E-state index contributed by atoms with van der Waals surface area (Å²) in [5.41, 5.74) is 24.6. The minimum atomic E-state index is 1.09. The number of nitrogens with one attached hydrogen (secondary N) is 2. The molecule has 52 heavy (non-hydrogen) atoms. The Hall–Kier alpha value is -5.86. The Morgan fingerprint density at radius 3 is 0.808 bits per heavy atom. The Morgan fingerprint density at radius 1 is 0.250 bits per heavy atom. The lowest BCUT2D eigenvalue weighted by atomic mass is 9.89. The van der Waals surface area contributed by atoms with E-state index in [0.29, 0.717) is 0 Å². The van der Waals surface area contributed by atoms with Gasteiger partial charge < -0.3 is 10.6 Å². The molecule has 0 unspecified atom stereocenters. The molecule has 0 saturated carbocycles. The maximum absolute atomic E-state index is 3.64. The molecule has 7 aromatic rings. The molecule has 0 bridgehead atoms. The van der Waals surface area contributed by atoms with E-state index in [-0.39, 0.29) is 0 Å². The summed E-state index contributed by atoms with van der Waals surface area (Å²) in [7, 11) is 0. The summed E-state index contributed by atoms with van der Waals surface area (Å²) >= 11 is 0. The second kappa shape index (κ2) is 14.4. The van der Waals surface area contributed by atoms with Crippen LogP contribution in [0.2, 0.25) is 0 Å². The van der Waals surface area contributed by atoms with Crippen molar-refractivity contribution in [3.05, 3.63) is 178 Å². The zero-order chi connectivity index (χ0) is 36.5. The van der Waals surface area contributed by atoms with Crippen molar-refractivity contribution in [3.63, 3.8) is 0 Å². The Labute approximate surface area is 310 Å². The van der Waals surface area contributed by atoms with Crippen molar-refractivity contribution in [1.29, 1.82) is 0 Å². The van der Waals surface area contributed by atoms with Gasteiger partial charge >= 0.3 is 0 Å². The summed E-state index contributed by atoms with van der Waals surface area (Å²) in [4.78, 5) is 0. The molecule has 0 atom stereocenters. The molecule has 0 fully saturated rings. The smallest absolute Gasteiger partial charge is 0.0387 e. The number of benzene rings is 7. The average Bonchev–Trinajstić information content (AvgIpc) is 3.11. The van der Waals surface area contributed by atoms with Gasteiger partial charge in [-0.15, -0.1) is 0 Å². The van der Waals surface area contributed by atoms with Gasteiger partial charge in [-0.1, -0.05) is 96.1 Å². The van der Waals surface area contributed by atoms with Crippen LogP contribution < -0.4 is 10.6 Å². The van der Waals surface area contributed by atoms with Crippen LogP contribution in [0.25, 0.3) is 44.5 Å². The van der Waals surface area contributed by atoms with E-state index < -0.39 is 0 Å². The maximum Gasteiger partial charge on any atom is 0.0387 e. The van der Waals surface area contributed by atoms with Gasteiger partial charge in [-0.2, -0.15) is 0 Å². The van der Waals surface area contributed by atoms with Crippen LogP contribution in [-0.4, -0.2) is 0 Å². The van der Waals surface area contributed by atoms with E-state index in [9.17, 15) is 0 Å². The zero-order valence-electron chi connectivity index (χ0n) is 31.7. The van der Waals surface area contributed by atoms with Gasteiger partial charge in [0.15, 0.2) is 0 Å². The van der Waals surface area contributed by atoms with Crippen molar-refractivity contribution in [1.82, 2.24) is 0 Å². The number of rotatable bonds is 8. The molecule has 258 valence electrons. The Balaban J connectivity index is 1.07. The number of hydrogen-bond donors (Lipinski definition) is 2. The lowest BCUT2D eigenvalue weighted by molar-refractivity contribution is 1.35. The normalized spacial score (nSPS) is 11.1. The first-order valence-electron chi connectivity index (χ1n) is 18.2. The molecule has 0 heterocycles. The number of anilines is 4. The predicted octanol–water partition coefficient (Wildman–Crippen LogP) is 14.3. The highest BCUT2D eigenvalue weighted by Crippen LogP contribution is 2.37. The summed E-state index contributed by atoms with van der Waals surface area (Å²) in [5.74, 6) is 0. The topological polar surface area (TPSA) is 24.1 Å². The summed E-state index contributed by atoms with van der Waals surface area (Å²) in [6.07, 6.45) is 0. The van der Waals surface area contributed by atoms with Crippen LogP contribution in [0.15, 0.2) is 133 Å². The third-order valence-electron chi connectivity index (χ3n) is 10.4. The lowest BCUT2D eigenvalue weighted by Gasteiger charge is -2.18. The molecule has 0 amide bonds. The first-order valence-corrected chi connectivity index (χ1v) is 18.2. The largest absolute Gasteiger partial charge is 0.356 e. The first-order chi connectivity index (χ1) is 25.0. The van der Waals surface area contributed by atoms with Crippen molar-refractivity contribution in [2.45, 2.75) is 55.4 Å². The van der Waals surface area contributed by atoms with Crippen molar-refractivity contribution in [3.8, 4) is 44.5 Å². The highest BCUT2D eigenvalue weighted by molar-refractivity contribution is 5.82. The molecule has 0 aliphatic carbocycles. The fourth-order valence-electron chi connectivity index (χ4n) is 7.41. The molecule has 0 aromatic heterocycles. The van der Waals surface area contributed by atoms with E-state index in [0.717, 1.165) is 22.7 Å². The zero-order valence-corrected chi connectivity index (χ0v) is 31.7.